The van der Waals surface area contributed by atoms with Crippen LogP contribution in [0.4, 0.5) is 4.79 Å². The average molecular weight is 296 g/mol. The normalized spacial score (nSPS) is 23.8. The van der Waals surface area contributed by atoms with Gasteiger partial charge in [0.05, 0.1) is 0 Å². The smallest absolute Gasteiger partial charge is 0.317 e. The predicted molar refractivity (Wildman–Crippen MR) is 81.1 cm³/mol. The quantitative estimate of drug-likeness (QED) is 0.819. The lowest BCUT2D eigenvalue weighted by atomic mass is 9.89. The molecule has 2 fully saturated rings. The van der Waals surface area contributed by atoms with Crippen LogP contribution in [0, 0.1) is 11.8 Å². The summed E-state index contributed by atoms with van der Waals surface area (Å²) in [5, 5.41) is 11.8. The lowest BCUT2D eigenvalue weighted by molar-refractivity contribution is -0.137. The average Bonchev–Trinajstić information content (AvgIpc) is 2.52. The number of amides is 2. The molecule has 2 rings (SSSR count). The zero-order chi connectivity index (χ0) is 15.1. The highest BCUT2D eigenvalue weighted by atomic mass is 16.4. The summed E-state index contributed by atoms with van der Waals surface area (Å²) in [4.78, 5) is 24.7. The van der Waals surface area contributed by atoms with Crippen LogP contribution in [-0.2, 0) is 4.79 Å². The van der Waals surface area contributed by atoms with E-state index in [1.165, 1.54) is 32.1 Å². The van der Waals surface area contributed by atoms with Gasteiger partial charge in [-0.05, 0) is 43.9 Å². The lowest BCUT2D eigenvalue weighted by Crippen LogP contribution is -2.46. The van der Waals surface area contributed by atoms with E-state index >= 15 is 0 Å². The van der Waals surface area contributed by atoms with Gasteiger partial charge in [-0.3, -0.25) is 4.79 Å². The van der Waals surface area contributed by atoms with E-state index in [1.807, 2.05) is 4.90 Å². The number of carbonyl (C=O) groups excluding carboxylic acids is 1. The van der Waals surface area contributed by atoms with Crippen molar-refractivity contribution in [2.45, 2.75) is 57.8 Å². The molecule has 21 heavy (non-hydrogen) atoms. The van der Waals surface area contributed by atoms with Crippen molar-refractivity contribution in [3.05, 3.63) is 0 Å². The zero-order valence-electron chi connectivity index (χ0n) is 12.9. The highest BCUT2D eigenvalue weighted by Gasteiger charge is 2.24. The molecule has 1 aliphatic heterocycles. The van der Waals surface area contributed by atoms with Crippen molar-refractivity contribution in [2.75, 3.05) is 19.6 Å². The monoisotopic (exact) mass is 296 g/mol. The molecule has 1 aliphatic carbocycles. The summed E-state index contributed by atoms with van der Waals surface area (Å²) in [5.74, 6) is 0.249. The van der Waals surface area contributed by atoms with E-state index in [2.05, 4.69) is 5.32 Å². The topological polar surface area (TPSA) is 69.6 Å². The molecular formula is C16H28N2O3. The molecule has 2 N–H and O–H groups in total. The van der Waals surface area contributed by atoms with Gasteiger partial charge in [0.2, 0.25) is 0 Å². The van der Waals surface area contributed by atoms with Crippen LogP contribution in [0.5, 0.6) is 0 Å². The summed E-state index contributed by atoms with van der Waals surface area (Å²) in [6, 6.07) is 0.0422. The number of nitrogens with one attached hydrogen (secondary N) is 1. The van der Waals surface area contributed by atoms with Gasteiger partial charge >= 0.3 is 12.0 Å². The molecule has 1 heterocycles. The van der Waals surface area contributed by atoms with Crippen LogP contribution in [0.15, 0.2) is 0 Å². The molecule has 0 aromatic carbocycles. The highest BCUT2D eigenvalue weighted by molar-refractivity contribution is 5.74. The van der Waals surface area contributed by atoms with E-state index in [9.17, 15) is 9.59 Å². The van der Waals surface area contributed by atoms with Crippen LogP contribution in [0.3, 0.4) is 0 Å². The largest absolute Gasteiger partial charge is 0.481 e. The van der Waals surface area contributed by atoms with Gasteiger partial charge in [0.1, 0.15) is 0 Å². The number of hydrogen-bond acceptors (Lipinski definition) is 2. The number of carboxylic acids is 1. The molecule has 2 aliphatic rings. The fourth-order valence-electron chi connectivity index (χ4n) is 3.55. The van der Waals surface area contributed by atoms with Crippen molar-refractivity contribution in [1.29, 1.82) is 0 Å². The molecule has 0 bridgehead atoms. The first-order chi connectivity index (χ1) is 10.1. The minimum atomic E-state index is -0.742. The number of carboxylic acid groups (broad SMARTS) is 1. The number of hydrogen-bond donors (Lipinski definition) is 2. The van der Waals surface area contributed by atoms with Gasteiger partial charge in [0.25, 0.3) is 0 Å². The van der Waals surface area contributed by atoms with Crippen molar-refractivity contribution in [3.63, 3.8) is 0 Å². The molecular weight excluding hydrogens is 268 g/mol. The summed E-state index contributed by atoms with van der Waals surface area (Å²) >= 11 is 0. The SMILES string of the molecule is O=C(O)CCC1CCCN(C(=O)NCC2CCCCC2)C1. The van der Waals surface area contributed by atoms with Crippen LogP contribution < -0.4 is 5.32 Å². The van der Waals surface area contributed by atoms with Crippen LogP contribution in [-0.4, -0.2) is 41.6 Å². The second-order valence-corrected chi connectivity index (χ2v) is 6.58. The Morgan fingerprint density at radius 2 is 1.76 bits per heavy atom. The van der Waals surface area contributed by atoms with E-state index in [0.29, 0.717) is 24.8 Å². The third kappa shape index (κ3) is 5.56. The molecule has 1 unspecified atom stereocenters. The van der Waals surface area contributed by atoms with Crippen molar-refractivity contribution in [2.24, 2.45) is 11.8 Å². The Balaban J connectivity index is 1.69. The summed E-state index contributed by atoms with van der Waals surface area (Å²) < 4.78 is 0. The zero-order valence-corrected chi connectivity index (χ0v) is 12.9. The lowest BCUT2D eigenvalue weighted by Gasteiger charge is -2.33. The maximum Gasteiger partial charge on any atom is 0.317 e. The summed E-state index contributed by atoms with van der Waals surface area (Å²) in [6.45, 7) is 2.32. The first-order valence-electron chi connectivity index (χ1n) is 8.39. The maximum absolute atomic E-state index is 12.2. The van der Waals surface area contributed by atoms with Crippen LogP contribution >= 0.6 is 0 Å². The van der Waals surface area contributed by atoms with Crippen molar-refractivity contribution in [3.8, 4) is 0 Å². The van der Waals surface area contributed by atoms with E-state index < -0.39 is 5.97 Å². The van der Waals surface area contributed by atoms with Crippen LogP contribution in [0.25, 0.3) is 0 Å². The van der Waals surface area contributed by atoms with E-state index in [1.54, 1.807) is 0 Å². The van der Waals surface area contributed by atoms with Gasteiger partial charge in [-0.1, -0.05) is 19.3 Å². The fourth-order valence-corrected chi connectivity index (χ4v) is 3.55. The highest BCUT2D eigenvalue weighted by Crippen LogP contribution is 2.23. The Kier molecular flexibility index (Phi) is 6.33. The van der Waals surface area contributed by atoms with E-state index in [0.717, 1.165) is 25.9 Å². The van der Waals surface area contributed by atoms with E-state index in [4.69, 9.17) is 5.11 Å². The molecule has 5 nitrogen and oxygen atoms in total. The minimum Gasteiger partial charge on any atom is -0.481 e. The molecule has 120 valence electrons. The van der Waals surface area contributed by atoms with Crippen molar-refractivity contribution < 1.29 is 14.7 Å². The number of carbonyl (C=O) groups is 2. The maximum atomic E-state index is 12.2. The molecule has 2 amide bonds. The van der Waals surface area contributed by atoms with Gasteiger partial charge < -0.3 is 15.3 Å². The fraction of sp³-hybridized carbons (Fsp3) is 0.875. The third-order valence-corrected chi connectivity index (χ3v) is 4.84. The molecule has 0 spiro atoms. The van der Waals surface area contributed by atoms with Gasteiger partial charge in [-0.15, -0.1) is 0 Å². The number of aliphatic carboxylic acids is 1. The number of urea groups is 1. The van der Waals surface area contributed by atoms with Gasteiger partial charge in [-0.2, -0.15) is 0 Å². The number of likely N-dealkylation sites (tertiary alicyclic amines) is 1. The standard InChI is InChI=1S/C16H28N2O3/c19-15(20)9-8-14-7-4-10-18(12-14)16(21)17-11-13-5-2-1-3-6-13/h13-14H,1-12H2,(H,17,21)(H,19,20). The number of rotatable bonds is 5. The van der Waals surface area contributed by atoms with Gasteiger partial charge in [0, 0.05) is 26.1 Å². The predicted octanol–water partition coefficient (Wildman–Crippen LogP) is 2.85. The minimum absolute atomic E-state index is 0.0422. The molecule has 0 aromatic rings. The molecule has 0 radical (unpaired) electrons. The van der Waals surface area contributed by atoms with Gasteiger partial charge in [-0.25, -0.2) is 4.79 Å². The number of piperidine rings is 1. The Morgan fingerprint density at radius 3 is 2.48 bits per heavy atom. The Morgan fingerprint density at radius 1 is 1.05 bits per heavy atom. The summed E-state index contributed by atoms with van der Waals surface area (Å²) in [7, 11) is 0. The molecule has 1 saturated heterocycles. The molecule has 1 saturated carbocycles. The summed E-state index contributed by atoms with van der Waals surface area (Å²) in [6.07, 6.45) is 9.32. The Bertz CT molecular complexity index is 353. The molecule has 0 aromatic heterocycles. The Hall–Kier alpha value is -1.26. The summed E-state index contributed by atoms with van der Waals surface area (Å²) in [5.41, 5.74) is 0. The van der Waals surface area contributed by atoms with Crippen LogP contribution in [0.2, 0.25) is 0 Å². The Labute approximate surface area is 127 Å². The number of nitrogens with zero attached hydrogens (tertiary/aromatic N) is 1. The second kappa shape index (κ2) is 8.25. The van der Waals surface area contributed by atoms with E-state index in [-0.39, 0.29) is 12.5 Å². The van der Waals surface area contributed by atoms with Crippen LogP contribution in [0.1, 0.15) is 57.8 Å². The van der Waals surface area contributed by atoms with Crippen molar-refractivity contribution >= 4 is 12.0 Å². The molecule has 1 atom stereocenters. The third-order valence-electron chi connectivity index (χ3n) is 4.84. The van der Waals surface area contributed by atoms with Crippen molar-refractivity contribution in [1.82, 2.24) is 10.2 Å². The van der Waals surface area contributed by atoms with Gasteiger partial charge in [0.15, 0.2) is 0 Å². The first-order valence-corrected chi connectivity index (χ1v) is 8.39. The second-order valence-electron chi connectivity index (χ2n) is 6.58. The molecule has 5 heteroatoms. The first kappa shape index (κ1) is 16.1.